The zero-order valence-corrected chi connectivity index (χ0v) is 31.0. The van der Waals surface area contributed by atoms with Gasteiger partial charge >= 0.3 is 5.69 Å². The molecule has 0 saturated carbocycles. The number of nitrogen functional groups attached to an aromatic ring is 1. The molecule has 5 aromatic rings. The molecule has 55 heavy (non-hydrogen) atoms. The van der Waals surface area contributed by atoms with Crippen LogP contribution in [-0.2, 0) is 32.2 Å². The Kier molecular flexibility index (Phi) is 12.4. The molecule has 3 atom stereocenters. The molecule has 288 valence electrons. The van der Waals surface area contributed by atoms with Crippen molar-refractivity contribution >= 4 is 34.2 Å². The number of amides is 2. The summed E-state index contributed by atoms with van der Waals surface area (Å²) in [5, 5.41) is 15.4. The molecule has 2 aliphatic heterocycles. The van der Waals surface area contributed by atoms with Gasteiger partial charge in [0.05, 0.1) is 41.2 Å². The Morgan fingerprint density at radius 1 is 0.818 bits per heavy atom. The van der Waals surface area contributed by atoms with E-state index in [-0.39, 0.29) is 42.4 Å². The van der Waals surface area contributed by atoms with Crippen LogP contribution in [-0.4, -0.2) is 57.1 Å². The number of H-pyrrole nitrogens is 1. The van der Waals surface area contributed by atoms with Gasteiger partial charge < -0.3 is 40.8 Å². The summed E-state index contributed by atoms with van der Waals surface area (Å²) < 4.78 is 15.1. The molecule has 12 nitrogen and oxygen atoms in total. The molecule has 2 amide bonds. The average molecular weight is 747 g/mol. The Labute approximate surface area is 320 Å². The number of aromatic amines is 1. The molecular formula is C43H50N6O6. The predicted molar refractivity (Wildman–Crippen MR) is 212 cm³/mol. The summed E-state index contributed by atoms with van der Waals surface area (Å²) in [5.74, 6) is -0.186. The number of nitrogens with zero attached hydrogens (tertiary/aromatic N) is 2. The van der Waals surface area contributed by atoms with E-state index in [9.17, 15) is 19.5 Å². The normalized spacial score (nSPS) is 19.3. The van der Waals surface area contributed by atoms with Crippen molar-refractivity contribution in [3.8, 4) is 0 Å². The number of ether oxygens (including phenoxy) is 2. The number of aliphatic hydroxyl groups is 1. The van der Waals surface area contributed by atoms with Gasteiger partial charge in [-0.2, -0.15) is 0 Å². The molecule has 0 aliphatic carbocycles. The molecule has 12 heteroatoms. The number of hydrogen-bond acceptors (Lipinski definition) is 8. The van der Waals surface area contributed by atoms with Gasteiger partial charge in [-0.25, -0.2) is 4.79 Å². The number of anilines is 2. The van der Waals surface area contributed by atoms with Crippen LogP contribution < -0.4 is 22.1 Å². The van der Waals surface area contributed by atoms with Gasteiger partial charge in [0, 0.05) is 57.0 Å². The second kappa shape index (κ2) is 17.9. The molecular weight excluding hydrogens is 697 g/mol. The minimum Gasteiger partial charge on any atom is -0.397 e. The molecule has 6 N–H and O–H groups in total. The van der Waals surface area contributed by atoms with Crippen molar-refractivity contribution in [2.24, 2.45) is 0 Å². The van der Waals surface area contributed by atoms with Crippen LogP contribution in [0.5, 0.6) is 0 Å². The first-order valence-corrected chi connectivity index (χ1v) is 19.2. The Hall–Kier alpha value is -5.27. The lowest BCUT2D eigenvalue weighted by Gasteiger charge is -2.40. The number of aromatic nitrogens is 2. The highest BCUT2D eigenvalue weighted by atomic mass is 16.7. The largest absolute Gasteiger partial charge is 0.397 e. The van der Waals surface area contributed by atoms with Crippen LogP contribution in [0.3, 0.4) is 0 Å². The van der Waals surface area contributed by atoms with Gasteiger partial charge in [-0.15, -0.1) is 0 Å². The lowest BCUT2D eigenvalue weighted by atomic mass is 9.98. The number of benzene rings is 4. The first-order valence-electron chi connectivity index (χ1n) is 19.2. The van der Waals surface area contributed by atoms with Crippen molar-refractivity contribution in [2.75, 3.05) is 30.7 Å². The van der Waals surface area contributed by atoms with E-state index in [1.807, 2.05) is 89.5 Å². The number of nitrogens with one attached hydrogen (secondary N) is 3. The van der Waals surface area contributed by atoms with Gasteiger partial charge in [-0.1, -0.05) is 72.8 Å². The van der Waals surface area contributed by atoms with E-state index in [0.29, 0.717) is 50.0 Å². The number of nitrogens with two attached hydrogens (primary N) is 1. The number of para-hydroxylation sites is 4. The molecule has 3 unspecified atom stereocenters. The average Bonchev–Trinajstić information content (AvgIpc) is 3.55. The Morgan fingerprint density at radius 3 is 2.24 bits per heavy atom. The highest BCUT2D eigenvalue weighted by Gasteiger charge is 2.34. The molecule has 0 spiro atoms. The van der Waals surface area contributed by atoms with Gasteiger partial charge in [-0.3, -0.25) is 14.2 Å². The lowest BCUT2D eigenvalue weighted by molar-refractivity contribution is -0.253. The lowest BCUT2D eigenvalue weighted by Crippen LogP contribution is -2.43. The first-order chi connectivity index (χ1) is 26.8. The van der Waals surface area contributed by atoms with E-state index in [4.69, 9.17) is 15.2 Å². The molecule has 7 rings (SSSR count). The van der Waals surface area contributed by atoms with Crippen molar-refractivity contribution in [3.05, 3.63) is 130 Å². The highest BCUT2D eigenvalue weighted by molar-refractivity contribution is 5.93. The maximum atomic E-state index is 12.8. The number of aliphatic hydroxyl groups excluding tert-OH is 1. The fourth-order valence-electron chi connectivity index (χ4n) is 7.59. The Balaban J connectivity index is 0.916. The van der Waals surface area contributed by atoms with Gasteiger partial charge in [-0.05, 0) is 66.6 Å². The number of rotatable bonds is 14. The summed E-state index contributed by atoms with van der Waals surface area (Å²) in [7, 11) is 0. The number of carbonyl (C=O) groups is 2. The van der Waals surface area contributed by atoms with Crippen molar-refractivity contribution in [3.63, 3.8) is 0 Å². The van der Waals surface area contributed by atoms with Crippen LogP contribution in [0.2, 0.25) is 0 Å². The SMILES string of the molecule is Nc1ccccc1NC(=O)CCCCC(=O)NCc1ccc(C2OC(CN3CCC(n4c(=O)[nH]c5ccccc54)CC3)CC(c3ccc(CO)cc3)O2)cc1. The number of unbranched alkanes of at least 4 members (excludes halogenated alkanes) is 1. The van der Waals surface area contributed by atoms with Crippen LogP contribution in [0, 0.1) is 0 Å². The maximum absolute atomic E-state index is 12.8. The van der Waals surface area contributed by atoms with Gasteiger partial charge in [0.1, 0.15) is 0 Å². The summed E-state index contributed by atoms with van der Waals surface area (Å²) in [4.78, 5) is 43.1. The van der Waals surface area contributed by atoms with Gasteiger partial charge in [0.15, 0.2) is 6.29 Å². The molecule has 2 aliphatic rings. The first kappa shape index (κ1) is 38.0. The quantitative estimate of drug-likeness (QED) is 0.0672. The standard InChI is InChI=1S/C43H50N6O6/c44-35-7-1-2-8-36(35)46-41(52)12-6-5-11-40(51)45-26-29-13-19-32(20-14-29)42-54-34(25-39(55-42)31-17-15-30(28-50)16-18-31)27-48-23-21-33(22-24-48)49-38-10-4-3-9-37(38)47-43(49)53/h1-4,7-10,13-20,33-34,39,42,50H,5-6,11-12,21-28,44H2,(H,45,51)(H,46,52)(H,47,53). The molecule has 1 aromatic heterocycles. The number of fused-ring (bicyclic) bond motifs is 1. The van der Waals surface area contributed by atoms with Crippen LogP contribution in [0.15, 0.2) is 102 Å². The monoisotopic (exact) mass is 746 g/mol. The molecule has 0 radical (unpaired) electrons. The van der Waals surface area contributed by atoms with Gasteiger partial charge in [0.2, 0.25) is 11.8 Å². The Bertz CT molecular complexity index is 2100. The number of piperidine rings is 1. The van der Waals surface area contributed by atoms with Crippen molar-refractivity contribution < 1.29 is 24.2 Å². The molecule has 0 bridgehead atoms. The second-order valence-corrected chi connectivity index (χ2v) is 14.6. The van der Waals surface area contributed by atoms with E-state index in [1.165, 1.54) is 0 Å². The van der Waals surface area contributed by atoms with Crippen LogP contribution >= 0.6 is 0 Å². The number of carbonyl (C=O) groups excluding carboxylic acids is 2. The third-order valence-electron chi connectivity index (χ3n) is 10.7. The van der Waals surface area contributed by atoms with Crippen LogP contribution in [0.1, 0.15) is 85.6 Å². The zero-order chi connectivity index (χ0) is 38.1. The fraction of sp³-hybridized carbons (Fsp3) is 0.372. The summed E-state index contributed by atoms with van der Waals surface area (Å²) in [6.45, 7) is 2.84. The van der Waals surface area contributed by atoms with Crippen LogP contribution in [0.25, 0.3) is 11.0 Å². The number of hydrogen-bond donors (Lipinski definition) is 5. The van der Waals surface area contributed by atoms with Gasteiger partial charge in [0.25, 0.3) is 0 Å². The summed E-state index contributed by atoms with van der Waals surface area (Å²) in [6, 6.07) is 31.0. The summed E-state index contributed by atoms with van der Waals surface area (Å²) in [5.41, 5.74) is 12.5. The smallest absolute Gasteiger partial charge is 0.326 e. The fourth-order valence-corrected chi connectivity index (χ4v) is 7.59. The summed E-state index contributed by atoms with van der Waals surface area (Å²) >= 11 is 0. The molecule has 2 fully saturated rings. The maximum Gasteiger partial charge on any atom is 0.326 e. The van der Waals surface area contributed by atoms with E-state index >= 15 is 0 Å². The predicted octanol–water partition coefficient (Wildman–Crippen LogP) is 6.10. The topological polar surface area (TPSA) is 164 Å². The zero-order valence-electron chi connectivity index (χ0n) is 31.0. The summed E-state index contributed by atoms with van der Waals surface area (Å²) in [6.07, 6.45) is 3.43. The second-order valence-electron chi connectivity index (χ2n) is 14.6. The van der Waals surface area contributed by atoms with Crippen molar-refractivity contribution in [1.29, 1.82) is 0 Å². The molecule has 3 heterocycles. The number of likely N-dealkylation sites (tertiary alicyclic amines) is 1. The third-order valence-corrected chi connectivity index (χ3v) is 10.7. The van der Waals surface area contributed by atoms with E-state index < -0.39 is 6.29 Å². The van der Waals surface area contributed by atoms with E-state index in [0.717, 1.165) is 65.8 Å². The number of imidazole rings is 1. The highest BCUT2D eigenvalue weighted by Crippen LogP contribution is 2.39. The third kappa shape index (κ3) is 9.70. The minimum absolute atomic E-state index is 0.0161. The van der Waals surface area contributed by atoms with E-state index in [1.54, 1.807) is 12.1 Å². The van der Waals surface area contributed by atoms with E-state index in [2.05, 4.69) is 20.5 Å². The molecule has 2 saturated heterocycles. The van der Waals surface area contributed by atoms with Crippen molar-refractivity contribution in [1.82, 2.24) is 19.8 Å². The minimum atomic E-state index is -0.581. The van der Waals surface area contributed by atoms with Crippen LogP contribution in [0.4, 0.5) is 11.4 Å². The van der Waals surface area contributed by atoms with Crippen molar-refractivity contribution in [2.45, 2.75) is 82.6 Å². The Morgan fingerprint density at radius 2 is 1.49 bits per heavy atom. The molecule has 4 aromatic carbocycles.